The van der Waals surface area contributed by atoms with E-state index in [9.17, 15) is 14.4 Å². The summed E-state index contributed by atoms with van der Waals surface area (Å²) in [5.41, 5.74) is 8.37. The Balaban J connectivity index is 1.66. The molecule has 8 nitrogen and oxygen atoms in total. The molecule has 0 aliphatic heterocycles. The van der Waals surface area contributed by atoms with Gasteiger partial charge in [-0.25, -0.2) is 0 Å². The maximum absolute atomic E-state index is 13.1. The maximum atomic E-state index is 13.1. The first-order chi connectivity index (χ1) is 16.4. The number of amides is 3. The molecule has 5 N–H and O–H groups in total. The van der Waals surface area contributed by atoms with Crippen molar-refractivity contribution in [3.8, 4) is 5.75 Å². The van der Waals surface area contributed by atoms with Gasteiger partial charge in [0.05, 0.1) is 13.0 Å². The fraction of sp³-hybridized carbons (Fsp3) is 0.320. The van der Waals surface area contributed by atoms with Crippen LogP contribution in [0.25, 0.3) is 10.9 Å². The SMILES string of the molecule is CNC(=O)[C@H](Cc1c[nH]c2ccccc12)NC(=O)C(CSCc1ccc(OC)cc1)CC(N)=O. The number of aromatic amines is 1. The number of hydrogen-bond acceptors (Lipinski definition) is 5. The summed E-state index contributed by atoms with van der Waals surface area (Å²) in [5, 5.41) is 6.45. The van der Waals surface area contributed by atoms with Crippen molar-refractivity contribution in [3.05, 3.63) is 65.9 Å². The molecule has 0 saturated carbocycles. The summed E-state index contributed by atoms with van der Waals surface area (Å²) >= 11 is 1.53. The van der Waals surface area contributed by atoms with Gasteiger partial charge in [0.15, 0.2) is 0 Å². The number of carbonyl (C=O) groups excluding carboxylic acids is 3. The minimum atomic E-state index is -0.779. The molecule has 2 aromatic carbocycles. The van der Waals surface area contributed by atoms with Gasteiger partial charge in [-0.2, -0.15) is 11.8 Å². The number of rotatable bonds is 12. The highest BCUT2D eigenvalue weighted by Gasteiger charge is 2.27. The molecule has 0 aliphatic carbocycles. The molecule has 3 rings (SSSR count). The molecule has 3 amide bonds. The normalized spacial score (nSPS) is 12.6. The monoisotopic (exact) mass is 482 g/mol. The number of ether oxygens (including phenoxy) is 1. The van der Waals surface area contributed by atoms with E-state index in [1.165, 1.54) is 18.8 Å². The molecule has 34 heavy (non-hydrogen) atoms. The number of likely N-dealkylation sites (N-methyl/N-ethyl adjacent to an activating group) is 1. The van der Waals surface area contributed by atoms with Crippen LogP contribution in [0.1, 0.15) is 17.5 Å². The number of para-hydroxylation sites is 1. The highest BCUT2D eigenvalue weighted by Crippen LogP contribution is 2.22. The summed E-state index contributed by atoms with van der Waals surface area (Å²) in [6.45, 7) is 0. The molecular weight excluding hydrogens is 452 g/mol. The van der Waals surface area contributed by atoms with Crippen LogP contribution in [0.5, 0.6) is 5.75 Å². The number of hydrogen-bond donors (Lipinski definition) is 4. The fourth-order valence-electron chi connectivity index (χ4n) is 3.70. The van der Waals surface area contributed by atoms with Gasteiger partial charge in [0, 0.05) is 48.5 Å². The number of nitrogens with two attached hydrogens (primary N) is 1. The molecule has 0 saturated heterocycles. The average molecular weight is 483 g/mol. The highest BCUT2D eigenvalue weighted by molar-refractivity contribution is 7.98. The van der Waals surface area contributed by atoms with Crippen molar-refractivity contribution in [2.75, 3.05) is 19.9 Å². The average Bonchev–Trinajstić information content (AvgIpc) is 3.25. The van der Waals surface area contributed by atoms with E-state index < -0.39 is 17.9 Å². The molecule has 2 atom stereocenters. The van der Waals surface area contributed by atoms with Gasteiger partial charge in [-0.1, -0.05) is 30.3 Å². The summed E-state index contributed by atoms with van der Waals surface area (Å²) < 4.78 is 5.17. The van der Waals surface area contributed by atoms with E-state index in [-0.39, 0.29) is 18.2 Å². The van der Waals surface area contributed by atoms with Crippen molar-refractivity contribution in [2.45, 2.75) is 24.6 Å². The lowest BCUT2D eigenvalue weighted by Gasteiger charge is -2.21. The number of primary amides is 1. The number of nitrogens with one attached hydrogen (secondary N) is 3. The number of benzene rings is 2. The molecular formula is C25H30N4O4S. The molecule has 1 aromatic heterocycles. The molecule has 0 radical (unpaired) electrons. The van der Waals surface area contributed by atoms with E-state index in [0.29, 0.717) is 17.9 Å². The summed E-state index contributed by atoms with van der Waals surface area (Å²) in [4.78, 5) is 40.5. The van der Waals surface area contributed by atoms with Crippen LogP contribution in [0, 0.1) is 5.92 Å². The number of thioether (sulfide) groups is 1. The molecule has 3 aromatic rings. The first-order valence-corrected chi connectivity index (χ1v) is 12.1. The Morgan fingerprint density at radius 1 is 1.09 bits per heavy atom. The van der Waals surface area contributed by atoms with Crippen molar-refractivity contribution in [3.63, 3.8) is 0 Å². The van der Waals surface area contributed by atoms with Gasteiger partial charge in [-0.05, 0) is 29.3 Å². The van der Waals surface area contributed by atoms with Gasteiger partial charge in [0.2, 0.25) is 17.7 Å². The summed E-state index contributed by atoms with van der Waals surface area (Å²) in [7, 11) is 3.14. The van der Waals surface area contributed by atoms with Crippen LogP contribution in [-0.4, -0.2) is 48.7 Å². The predicted molar refractivity (Wildman–Crippen MR) is 134 cm³/mol. The minimum absolute atomic E-state index is 0.0883. The van der Waals surface area contributed by atoms with E-state index in [0.717, 1.165) is 27.8 Å². The molecule has 1 unspecified atom stereocenters. The third kappa shape index (κ3) is 6.77. The second kappa shape index (κ2) is 12.1. The van der Waals surface area contributed by atoms with Crippen molar-refractivity contribution in [2.24, 2.45) is 11.7 Å². The van der Waals surface area contributed by atoms with Gasteiger partial charge >= 0.3 is 0 Å². The fourth-order valence-corrected chi connectivity index (χ4v) is 4.80. The van der Waals surface area contributed by atoms with Gasteiger partial charge in [-0.15, -0.1) is 0 Å². The Bertz CT molecular complexity index is 1130. The summed E-state index contributed by atoms with van der Waals surface area (Å²) in [6, 6.07) is 14.7. The summed E-state index contributed by atoms with van der Waals surface area (Å²) in [6.07, 6.45) is 2.07. The minimum Gasteiger partial charge on any atom is -0.497 e. The Morgan fingerprint density at radius 3 is 2.50 bits per heavy atom. The third-order valence-corrected chi connectivity index (χ3v) is 6.72. The van der Waals surface area contributed by atoms with E-state index in [1.54, 1.807) is 7.11 Å². The smallest absolute Gasteiger partial charge is 0.242 e. The number of H-pyrrole nitrogens is 1. The second-order valence-electron chi connectivity index (χ2n) is 7.97. The highest BCUT2D eigenvalue weighted by atomic mass is 32.2. The van der Waals surface area contributed by atoms with Crippen LogP contribution in [0.3, 0.4) is 0 Å². The Morgan fingerprint density at radius 2 is 1.82 bits per heavy atom. The lowest BCUT2D eigenvalue weighted by Crippen LogP contribution is -2.49. The number of aromatic nitrogens is 1. The maximum Gasteiger partial charge on any atom is 0.242 e. The van der Waals surface area contributed by atoms with E-state index in [2.05, 4.69) is 15.6 Å². The zero-order valence-corrected chi connectivity index (χ0v) is 20.1. The quantitative estimate of drug-likeness (QED) is 0.315. The summed E-state index contributed by atoms with van der Waals surface area (Å²) in [5.74, 6) is -0.0315. The van der Waals surface area contributed by atoms with Gasteiger partial charge in [-0.3, -0.25) is 14.4 Å². The number of fused-ring (bicyclic) bond motifs is 1. The van der Waals surface area contributed by atoms with Crippen LogP contribution < -0.4 is 21.1 Å². The molecule has 0 bridgehead atoms. The number of carbonyl (C=O) groups is 3. The third-order valence-electron chi connectivity index (χ3n) is 5.54. The Labute approximate surface area is 203 Å². The zero-order chi connectivity index (χ0) is 24.5. The Kier molecular flexibility index (Phi) is 8.98. The lowest BCUT2D eigenvalue weighted by molar-refractivity contribution is -0.132. The Hall–Kier alpha value is -3.46. The van der Waals surface area contributed by atoms with Crippen molar-refractivity contribution in [1.29, 1.82) is 0 Å². The molecule has 1 heterocycles. The first-order valence-electron chi connectivity index (χ1n) is 11.0. The number of methoxy groups -OCH3 is 1. The molecule has 0 spiro atoms. The van der Waals surface area contributed by atoms with E-state index in [1.807, 2.05) is 54.7 Å². The van der Waals surface area contributed by atoms with Crippen LogP contribution in [0.15, 0.2) is 54.7 Å². The topological polar surface area (TPSA) is 126 Å². The standard InChI is InChI=1S/C25H30N4O4S/c1-27-25(32)22(11-17-13-28-21-6-4-3-5-20(17)21)29-24(31)18(12-23(26)30)15-34-14-16-7-9-19(33-2)10-8-16/h3-10,13,18,22,28H,11-12,14-15H2,1-2H3,(H2,26,30)(H,27,32)(H,29,31)/t18?,22-/m0/s1. The van der Waals surface area contributed by atoms with E-state index >= 15 is 0 Å². The molecule has 0 aliphatic rings. The lowest BCUT2D eigenvalue weighted by atomic mass is 10.0. The van der Waals surface area contributed by atoms with Crippen molar-refractivity contribution >= 4 is 40.4 Å². The second-order valence-corrected chi connectivity index (χ2v) is 9.00. The van der Waals surface area contributed by atoms with Crippen molar-refractivity contribution < 1.29 is 19.1 Å². The van der Waals surface area contributed by atoms with Gasteiger partial charge in [0.25, 0.3) is 0 Å². The van der Waals surface area contributed by atoms with Crippen molar-refractivity contribution in [1.82, 2.24) is 15.6 Å². The largest absolute Gasteiger partial charge is 0.497 e. The van der Waals surface area contributed by atoms with Crippen LogP contribution >= 0.6 is 11.8 Å². The predicted octanol–water partition coefficient (Wildman–Crippen LogP) is 2.37. The van der Waals surface area contributed by atoms with E-state index in [4.69, 9.17) is 10.5 Å². The molecule has 9 heteroatoms. The zero-order valence-electron chi connectivity index (χ0n) is 19.3. The van der Waals surface area contributed by atoms with Crippen LogP contribution in [0.4, 0.5) is 0 Å². The van der Waals surface area contributed by atoms with Gasteiger partial charge < -0.3 is 26.1 Å². The van der Waals surface area contributed by atoms with Gasteiger partial charge in [0.1, 0.15) is 11.8 Å². The molecule has 180 valence electrons. The van der Waals surface area contributed by atoms with Crippen LogP contribution in [-0.2, 0) is 26.6 Å². The first kappa shape index (κ1) is 25.2. The van der Waals surface area contributed by atoms with Crippen LogP contribution in [0.2, 0.25) is 0 Å². The molecule has 0 fully saturated rings.